The van der Waals surface area contributed by atoms with Gasteiger partial charge in [-0.05, 0) is 19.3 Å². The van der Waals surface area contributed by atoms with Crippen LogP contribution in [0.5, 0.6) is 0 Å². The molecule has 0 atom stereocenters. The molecule has 0 bridgehead atoms. The zero-order valence-corrected chi connectivity index (χ0v) is 9.87. The van der Waals surface area contributed by atoms with Gasteiger partial charge in [-0.15, -0.1) is 0 Å². The van der Waals surface area contributed by atoms with Crippen LogP contribution >= 0.6 is 0 Å². The molecule has 1 saturated carbocycles. The summed E-state index contributed by atoms with van der Waals surface area (Å²) in [5.41, 5.74) is -0.981. The van der Waals surface area contributed by atoms with E-state index in [1.54, 1.807) is 0 Å². The Bertz CT molecular complexity index is 309. The van der Waals surface area contributed by atoms with Gasteiger partial charge in [0.15, 0.2) is 0 Å². The minimum Gasteiger partial charge on any atom is -0.480 e. The second-order valence-electron chi connectivity index (χ2n) is 4.82. The SMILES string of the molecule is O=C(CN1CCNCC1)NC1(C(=O)O)CCC1. The molecule has 1 saturated heterocycles. The van der Waals surface area contributed by atoms with Gasteiger partial charge in [0.2, 0.25) is 5.91 Å². The van der Waals surface area contributed by atoms with Crippen molar-refractivity contribution in [3.8, 4) is 0 Å². The number of amides is 1. The number of carboxylic acids is 1. The van der Waals surface area contributed by atoms with E-state index < -0.39 is 11.5 Å². The van der Waals surface area contributed by atoms with Crippen LogP contribution in [0.3, 0.4) is 0 Å². The number of piperazine rings is 1. The molecule has 17 heavy (non-hydrogen) atoms. The number of carbonyl (C=O) groups excluding carboxylic acids is 1. The van der Waals surface area contributed by atoms with Crippen molar-refractivity contribution in [2.45, 2.75) is 24.8 Å². The number of aliphatic carboxylic acids is 1. The molecule has 6 nitrogen and oxygen atoms in total. The van der Waals surface area contributed by atoms with Gasteiger partial charge in [-0.3, -0.25) is 9.69 Å². The third-order valence-electron chi connectivity index (χ3n) is 3.57. The molecule has 0 aromatic rings. The molecule has 2 rings (SSSR count). The first-order valence-electron chi connectivity index (χ1n) is 6.10. The molecule has 1 amide bonds. The molecule has 3 N–H and O–H groups in total. The highest BCUT2D eigenvalue weighted by atomic mass is 16.4. The van der Waals surface area contributed by atoms with Crippen LogP contribution in [0, 0.1) is 0 Å². The molecular weight excluding hydrogens is 222 g/mol. The molecule has 0 aromatic carbocycles. The number of carboxylic acid groups (broad SMARTS) is 1. The molecule has 1 aliphatic heterocycles. The second-order valence-corrected chi connectivity index (χ2v) is 4.82. The predicted octanol–water partition coefficient (Wildman–Crippen LogP) is -0.985. The van der Waals surface area contributed by atoms with Crippen molar-refractivity contribution in [3.05, 3.63) is 0 Å². The quantitative estimate of drug-likeness (QED) is 0.589. The van der Waals surface area contributed by atoms with Gasteiger partial charge in [0.05, 0.1) is 6.54 Å². The summed E-state index contributed by atoms with van der Waals surface area (Å²) in [6.45, 7) is 3.76. The van der Waals surface area contributed by atoms with E-state index in [0.717, 1.165) is 32.6 Å². The highest BCUT2D eigenvalue weighted by Crippen LogP contribution is 2.31. The fraction of sp³-hybridized carbons (Fsp3) is 0.818. The van der Waals surface area contributed by atoms with Crippen molar-refractivity contribution in [2.24, 2.45) is 0 Å². The van der Waals surface area contributed by atoms with E-state index in [-0.39, 0.29) is 5.91 Å². The average Bonchev–Trinajstić information content (AvgIpc) is 2.24. The summed E-state index contributed by atoms with van der Waals surface area (Å²) in [6, 6.07) is 0. The van der Waals surface area contributed by atoms with E-state index in [1.165, 1.54) is 0 Å². The Morgan fingerprint density at radius 1 is 1.29 bits per heavy atom. The van der Waals surface area contributed by atoms with Gasteiger partial charge >= 0.3 is 5.97 Å². The highest BCUT2D eigenvalue weighted by Gasteiger charge is 2.45. The molecule has 2 aliphatic rings. The van der Waals surface area contributed by atoms with Gasteiger partial charge in [0.25, 0.3) is 0 Å². The fourth-order valence-electron chi connectivity index (χ4n) is 2.30. The Morgan fingerprint density at radius 3 is 2.41 bits per heavy atom. The molecule has 0 radical (unpaired) electrons. The van der Waals surface area contributed by atoms with Crippen LogP contribution in [0.2, 0.25) is 0 Å². The Morgan fingerprint density at radius 2 is 1.94 bits per heavy atom. The molecule has 0 spiro atoms. The fourth-order valence-corrected chi connectivity index (χ4v) is 2.30. The van der Waals surface area contributed by atoms with Gasteiger partial charge in [-0.1, -0.05) is 0 Å². The predicted molar refractivity (Wildman–Crippen MR) is 61.7 cm³/mol. The summed E-state index contributed by atoms with van der Waals surface area (Å²) in [7, 11) is 0. The molecule has 96 valence electrons. The van der Waals surface area contributed by atoms with Crippen LogP contribution in [0.4, 0.5) is 0 Å². The zero-order valence-electron chi connectivity index (χ0n) is 9.87. The van der Waals surface area contributed by atoms with Gasteiger partial charge in [-0.2, -0.15) is 0 Å². The zero-order chi connectivity index (χ0) is 12.3. The standard InChI is InChI=1S/C11H19N3O3/c15-9(8-14-6-4-12-5-7-14)13-11(10(16)17)2-1-3-11/h12H,1-8H2,(H,13,15)(H,16,17). The molecule has 2 fully saturated rings. The third kappa shape index (κ3) is 2.76. The van der Waals surface area contributed by atoms with Gasteiger partial charge < -0.3 is 15.7 Å². The summed E-state index contributed by atoms with van der Waals surface area (Å²) < 4.78 is 0. The number of hydrogen-bond acceptors (Lipinski definition) is 4. The number of nitrogens with one attached hydrogen (secondary N) is 2. The van der Waals surface area contributed by atoms with Crippen LogP contribution in [0.15, 0.2) is 0 Å². The highest BCUT2D eigenvalue weighted by molar-refractivity contribution is 5.88. The van der Waals surface area contributed by atoms with Crippen molar-refractivity contribution in [1.82, 2.24) is 15.5 Å². The summed E-state index contributed by atoms with van der Waals surface area (Å²) >= 11 is 0. The minimum atomic E-state index is -0.981. The lowest BCUT2D eigenvalue weighted by molar-refractivity contribution is -0.152. The van der Waals surface area contributed by atoms with Gasteiger partial charge in [0, 0.05) is 26.2 Å². The van der Waals surface area contributed by atoms with E-state index in [1.807, 2.05) is 4.90 Å². The monoisotopic (exact) mass is 241 g/mol. The van der Waals surface area contributed by atoms with E-state index >= 15 is 0 Å². The van der Waals surface area contributed by atoms with Crippen molar-refractivity contribution < 1.29 is 14.7 Å². The Labute approximate surface area is 100 Å². The summed E-state index contributed by atoms with van der Waals surface area (Å²) in [6.07, 6.45) is 1.98. The smallest absolute Gasteiger partial charge is 0.329 e. The lowest BCUT2D eigenvalue weighted by Gasteiger charge is -2.39. The van der Waals surface area contributed by atoms with Crippen molar-refractivity contribution in [2.75, 3.05) is 32.7 Å². The Balaban J connectivity index is 1.81. The molecule has 1 aliphatic carbocycles. The normalized spacial score (nSPS) is 23.8. The van der Waals surface area contributed by atoms with Crippen molar-refractivity contribution in [1.29, 1.82) is 0 Å². The second kappa shape index (κ2) is 5.01. The van der Waals surface area contributed by atoms with Crippen LogP contribution in [-0.2, 0) is 9.59 Å². The maximum absolute atomic E-state index is 11.8. The van der Waals surface area contributed by atoms with Crippen LogP contribution in [0.1, 0.15) is 19.3 Å². The maximum atomic E-state index is 11.8. The largest absolute Gasteiger partial charge is 0.480 e. The Hall–Kier alpha value is -1.14. The van der Waals surface area contributed by atoms with Gasteiger partial charge in [0.1, 0.15) is 5.54 Å². The Kier molecular flexibility index (Phi) is 3.63. The number of carbonyl (C=O) groups is 2. The lowest BCUT2D eigenvalue weighted by Crippen LogP contribution is -2.61. The molecule has 6 heteroatoms. The van der Waals surface area contributed by atoms with E-state index in [2.05, 4.69) is 10.6 Å². The average molecular weight is 241 g/mol. The summed E-state index contributed by atoms with van der Waals surface area (Å²) in [5, 5.41) is 15.0. The first-order chi connectivity index (χ1) is 8.12. The lowest BCUT2D eigenvalue weighted by atomic mass is 9.77. The van der Waals surface area contributed by atoms with Gasteiger partial charge in [-0.25, -0.2) is 4.79 Å². The van der Waals surface area contributed by atoms with E-state index in [0.29, 0.717) is 19.4 Å². The molecule has 1 heterocycles. The van der Waals surface area contributed by atoms with Crippen molar-refractivity contribution in [3.63, 3.8) is 0 Å². The van der Waals surface area contributed by atoms with Crippen LogP contribution in [-0.4, -0.2) is 60.1 Å². The van der Waals surface area contributed by atoms with Crippen LogP contribution < -0.4 is 10.6 Å². The third-order valence-corrected chi connectivity index (χ3v) is 3.57. The topological polar surface area (TPSA) is 81.7 Å². The molecule has 0 aromatic heterocycles. The first-order valence-corrected chi connectivity index (χ1v) is 6.10. The number of rotatable bonds is 4. The number of hydrogen-bond donors (Lipinski definition) is 3. The van der Waals surface area contributed by atoms with Crippen LogP contribution in [0.25, 0.3) is 0 Å². The number of nitrogens with zero attached hydrogens (tertiary/aromatic N) is 1. The molecular formula is C11H19N3O3. The molecule has 0 unspecified atom stereocenters. The summed E-state index contributed by atoms with van der Waals surface area (Å²) in [5.74, 6) is -1.08. The first kappa shape index (κ1) is 12.3. The van der Waals surface area contributed by atoms with E-state index in [9.17, 15) is 9.59 Å². The van der Waals surface area contributed by atoms with E-state index in [4.69, 9.17) is 5.11 Å². The van der Waals surface area contributed by atoms with Crippen molar-refractivity contribution >= 4 is 11.9 Å². The summed E-state index contributed by atoms with van der Waals surface area (Å²) in [4.78, 5) is 24.9. The minimum absolute atomic E-state index is 0.172. The maximum Gasteiger partial charge on any atom is 0.329 e.